The molecule has 1 aromatic heterocycles. The third-order valence-electron chi connectivity index (χ3n) is 8.48. The molecule has 0 bridgehead atoms. The summed E-state index contributed by atoms with van der Waals surface area (Å²) < 4.78 is 0. The van der Waals surface area contributed by atoms with Crippen molar-refractivity contribution in [1.82, 2.24) is 20.5 Å². The second kappa shape index (κ2) is 12.6. The number of allylic oxidation sites excluding steroid dienone is 2. The molecule has 5 N–H and O–H groups in total. The van der Waals surface area contributed by atoms with E-state index in [4.69, 9.17) is 5.73 Å². The number of carbonyl (C=O) groups is 2. The van der Waals surface area contributed by atoms with Gasteiger partial charge in [-0.1, -0.05) is 44.2 Å². The fourth-order valence-corrected chi connectivity index (χ4v) is 6.23. The number of nitro groups is 1. The molecular formula is C32H38N6O4. The number of fused-ring (bicyclic) bond motifs is 1. The number of benzene rings is 2. The summed E-state index contributed by atoms with van der Waals surface area (Å²) >= 11 is 0. The first-order chi connectivity index (χ1) is 20.3. The SMILES string of the molecule is CCC1=C(C(N)=O)C(c2ccc([N+](=O)[O-])cc2)C(C(=O)NC2CCN(CCc3c[nH]c4ccccc34)CC2)=C(CC)N1. The number of para-hydroxylation sites is 1. The highest BCUT2D eigenvalue weighted by molar-refractivity contribution is 6.03. The number of nitro benzene ring substituents is 1. The van der Waals surface area contributed by atoms with Gasteiger partial charge < -0.3 is 26.3 Å². The quantitative estimate of drug-likeness (QED) is 0.210. The fourth-order valence-electron chi connectivity index (χ4n) is 6.23. The summed E-state index contributed by atoms with van der Waals surface area (Å²) in [5, 5.41) is 19.1. The van der Waals surface area contributed by atoms with Gasteiger partial charge in [-0.05, 0) is 49.3 Å². The number of hydrogen-bond donors (Lipinski definition) is 4. The van der Waals surface area contributed by atoms with Gasteiger partial charge in [-0.15, -0.1) is 0 Å². The number of nitrogens with one attached hydrogen (secondary N) is 3. The lowest BCUT2D eigenvalue weighted by Crippen LogP contribution is -2.47. The van der Waals surface area contributed by atoms with Crippen LogP contribution in [0.15, 0.2) is 77.3 Å². The number of primary amides is 1. The van der Waals surface area contributed by atoms with Crippen molar-refractivity contribution >= 4 is 28.4 Å². The maximum atomic E-state index is 13.9. The molecule has 0 aliphatic carbocycles. The van der Waals surface area contributed by atoms with Crippen molar-refractivity contribution in [3.8, 4) is 0 Å². The summed E-state index contributed by atoms with van der Waals surface area (Å²) in [4.78, 5) is 43.3. The van der Waals surface area contributed by atoms with Gasteiger partial charge in [-0.2, -0.15) is 0 Å². The van der Waals surface area contributed by atoms with Crippen molar-refractivity contribution in [3.05, 3.63) is 98.5 Å². The van der Waals surface area contributed by atoms with Gasteiger partial charge in [0.05, 0.1) is 4.92 Å². The number of hydrogen-bond acceptors (Lipinski definition) is 6. The minimum absolute atomic E-state index is 0.00136. The molecule has 1 fully saturated rings. The molecule has 5 rings (SSSR count). The van der Waals surface area contributed by atoms with Crippen molar-refractivity contribution in [1.29, 1.82) is 0 Å². The summed E-state index contributed by atoms with van der Waals surface area (Å²) in [5.41, 5.74) is 11.1. The standard InChI is InChI=1S/C32H38N6O4/c1-3-25-29(31(33)39)28(20-9-11-23(12-10-20)38(41)42)30(26(4-2)36-25)32(40)35-22-14-17-37(18-15-22)16-13-21-19-34-27-8-6-5-7-24(21)27/h5-12,19,22,28,34,36H,3-4,13-18H2,1-2H3,(H2,33,39)(H,35,40). The van der Waals surface area contributed by atoms with Crippen LogP contribution in [0.3, 0.4) is 0 Å². The van der Waals surface area contributed by atoms with E-state index in [1.165, 1.54) is 23.1 Å². The molecule has 1 saturated heterocycles. The van der Waals surface area contributed by atoms with Crippen molar-refractivity contribution in [2.45, 2.75) is 57.9 Å². The van der Waals surface area contributed by atoms with E-state index < -0.39 is 16.7 Å². The molecule has 3 aromatic rings. The second-order valence-electron chi connectivity index (χ2n) is 11.0. The maximum absolute atomic E-state index is 13.9. The Morgan fingerprint density at radius 2 is 1.69 bits per heavy atom. The molecule has 2 aliphatic heterocycles. The Morgan fingerprint density at radius 1 is 1.02 bits per heavy atom. The number of likely N-dealkylation sites (tertiary alicyclic amines) is 1. The van der Waals surface area contributed by atoms with E-state index >= 15 is 0 Å². The van der Waals surface area contributed by atoms with Gasteiger partial charge in [0.25, 0.3) is 5.69 Å². The lowest BCUT2D eigenvalue weighted by atomic mass is 9.78. The smallest absolute Gasteiger partial charge is 0.269 e. The normalized spacial score (nSPS) is 18.3. The van der Waals surface area contributed by atoms with Crippen LogP contribution < -0.4 is 16.4 Å². The average molecular weight is 571 g/mol. The van der Waals surface area contributed by atoms with Gasteiger partial charge in [-0.25, -0.2) is 0 Å². The fraction of sp³-hybridized carbons (Fsp3) is 0.375. The van der Waals surface area contributed by atoms with E-state index in [0.29, 0.717) is 35.2 Å². The second-order valence-corrected chi connectivity index (χ2v) is 11.0. The molecular weight excluding hydrogens is 532 g/mol. The molecule has 2 aliphatic rings. The highest BCUT2D eigenvalue weighted by atomic mass is 16.6. The number of nitrogens with two attached hydrogens (primary N) is 1. The van der Waals surface area contributed by atoms with E-state index in [2.05, 4.69) is 44.9 Å². The Hall–Kier alpha value is -4.44. The number of non-ortho nitro benzene ring substituents is 1. The maximum Gasteiger partial charge on any atom is 0.269 e. The molecule has 0 radical (unpaired) electrons. The van der Waals surface area contributed by atoms with Gasteiger partial charge >= 0.3 is 0 Å². The third kappa shape index (κ3) is 5.94. The predicted octanol–water partition coefficient (Wildman–Crippen LogP) is 4.40. The number of aromatic nitrogens is 1. The van der Waals surface area contributed by atoms with Crippen molar-refractivity contribution in [2.24, 2.45) is 5.73 Å². The van der Waals surface area contributed by atoms with Crippen LogP contribution in [0.2, 0.25) is 0 Å². The van der Waals surface area contributed by atoms with Crippen LogP contribution in [-0.4, -0.2) is 52.3 Å². The molecule has 220 valence electrons. The first kappa shape index (κ1) is 29.1. The molecule has 0 spiro atoms. The Balaban J connectivity index is 1.30. The first-order valence-corrected chi connectivity index (χ1v) is 14.7. The highest BCUT2D eigenvalue weighted by Gasteiger charge is 2.37. The largest absolute Gasteiger partial charge is 0.366 e. The van der Waals surface area contributed by atoms with Crippen LogP contribution in [0.4, 0.5) is 5.69 Å². The van der Waals surface area contributed by atoms with Crippen LogP contribution in [0.5, 0.6) is 0 Å². The molecule has 42 heavy (non-hydrogen) atoms. The van der Waals surface area contributed by atoms with Gasteiger partial charge in [0, 0.05) is 83.4 Å². The zero-order valence-electron chi connectivity index (χ0n) is 24.1. The van der Waals surface area contributed by atoms with Crippen molar-refractivity contribution in [3.63, 3.8) is 0 Å². The Labute approximate surface area is 245 Å². The predicted molar refractivity (Wildman–Crippen MR) is 162 cm³/mol. The van der Waals surface area contributed by atoms with E-state index in [-0.39, 0.29) is 17.6 Å². The van der Waals surface area contributed by atoms with E-state index in [1.807, 2.05) is 19.9 Å². The Morgan fingerprint density at radius 3 is 2.33 bits per heavy atom. The molecule has 1 atom stereocenters. The van der Waals surface area contributed by atoms with Crippen LogP contribution in [0, 0.1) is 10.1 Å². The van der Waals surface area contributed by atoms with Gasteiger partial charge in [-0.3, -0.25) is 19.7 Å². The number of carbonyl (C=O) groups excluding carboxylic acids is 2. The minimum atomic E-state index is -0.717. The van der Waals surface area contributed by atoms with Crippen LogP contribution >= 0.6 is 0 Å². The monoisotopic (exact) mass is 570 g/mol. The van der Waals surface area contributed by atoms with Gasteiger partial charge in [0.1, 0.15) is 0 Å². The minimum Gasteiger partial charge on any atom is -0.366 e. The Kier molecular flexibility index (Phi) is 8.72. The zero-order chi connectivity index (χ0) is 29.8. The first-order valence-electron chi connectivity index (χ1n) is 14.7. The Bertz CT molecular complexity index is 1550. The summed E-state index contributed by atoms with van der Waals surface area (Å²) in [6, 6.07) is 14.3. The van der Waals surface area contributed by atoms with E-state index in [0.717, 1.165) is 50.1 Å². The van der Waals surface area contributed by atoms with Crippen LogP contribution in [0.25, 0.3) is 10.9 Å². The summed E-state index contributed by atoms with van der Waals surface area (Å²) in [7, 11) is 0. The topological polar surface area (TPSA) is 146 Å². The van der Waals surface area contributed by atoms with Crippen LogP contribution in [-0.2, 0) is 16.0 Å². The molecule has 2 amide bonds. The highest BCUT2D eigenvalue weighted by Crippen LogP contribution is 2.40. The van der Waals surface area contributed by atoms with Crippen molar-refractivity contribution in [2.75, 3.05) is 19.6 Å². The van der Waals surface area contributed by atoms with Crippen molar-refractivity contribution < 1.29 is 14.5 Å². The molecule has 3 heterocycles. The number of rotatable bonds is 10. The summed E-state index contributed by atoms with van der Waals surface area (Å²) in [6.07, 6.45) is 5.77. The average Bonchev–Trinajstić information content (AvgIpc) is 3.42. The number of dihydropyridines is 1. The number of piperidine rings is 1. The molecule has 10 nitrogen and oxygen atoms in total. The molecule has 1 unspecified atom stereocenters. The lowest BCUT2D eigenvalue weighted by molar-refractivity contribution is -0.384. The lowest BCUT2D eigenvalue weighted by Gasteiger charge is -2.35. The van der Waals surface area contributed by atoms with E-state index in [1.54, 1.807) is 12.1 Å². The van der Waals surface area contributed by atoms with E-state index in [9.17, 15) is 19.7 Å². The number of H-pyrrole nitrogens is 1. The molecule has 0 saturated carbocycles. The molecule has 2 aromatic carbocycles. The number of nitrogens with zero attached hydrogens (tertiary/aromatic N) is 2. The van der Waals surface area contributed by atoms with Gasteiger partial charge in [0.2, 0.25) is 11.8 Å². The number of aromatic amines is 1. The third-order valence-corrected chi connectivity index (χ3v) is 8.48. The molecule has 10 heteroatoms. The summed E-state index contributed by atoms with van der Waals surface area (Å²) in [6.45, 7) is 6.58. The van der Waals surface area contributed by atoms with Crippen LogP contribution in [0.1, 0.15) is 56.6 Å². The zero-order valence-corrected chi connectivity index (χ0v) is 24.1. The summed E-state index contributed by atoms with van der Waals surface area (Å²) in [5.74, 6) is -1.58. The number of amides is 2. The van der Waals surface area contributed by atoms with Gasteiger partial charge in [0.15, 0.2) is 0 Å².